The highest BCUT2D eigenvalue weighted by Gasteiger charge is 2.08. The highest BCUT2D eigenvalue weighted by molar-refractivity contribution is 5.94. The molecule has 2 aromatic heterocycles. The zero-order valence-electron chi connectivity index (χ0n) is 11.2. The molecule has 0 bridgehead atoms. The van der Waals surface area contributed by atoms with Crippen molar-refractivity contribution >= 4 is 16.8 Å². The molecule has 4 heteroatoms. The maximum Gasteiger partial charge on any atom is 0.253 e. The van der Waals surface area contributed by atoms with Gasteiger partial charge in [0, 0.05) is 43.1 Å². The van der Waals surface area contributed by atoms with Crippen LogP contribution >= 0.6 is 0 Å². The number of hydrogen-bond donors (Lipinski definition) is 1. The van der Waals surface area contributed by atoms with Crippen LogP contribution in [0, 0.1) is 0 Å². The number of pyridine rings is 1. The summed E-state index contributed by atoms with van der Waals surface area (Å²) < 4.78 is 2.07. The van der Waals surface area contributed by atoms with Crippen molar-refractivity contribution < 1.29 is 4.79 Å². The molecule has 0 aliphatic carbocycles. The Kier molecular flexibility index (Phi) is 3.21. The first-order valence-corrected chi connectivity index (χ1v) is 6.47. The lowest BCUT2D eigenvalue weighted by atomic mass is 10.1. The molecule has 0 spiro atoms. The van der Waals surface area contributed by atoms with Gasteiger partial charge in [-0.15, -0.1) is 0 Å². The average molecular weight is 265 g/mol. The zero-order chi connectivity index (χ0) is 13.9. The standard InChI is InChI=1S/C16H15N3O/c1-19-11-13(14-6-2-3-7-15(14)19)10-18-16(20)12-5-4-8-17-9-12/h2-9,11H,10H2,1H3,(H,18,20). The average Bonchev–Trinajstić information content (AvgIpc) is 2.83. The van der Waals surface area contributed by atoms with Gasteiger partial charge in [0.15, 0.2) is 0 Å². The van der Waals surface area contributed by atoms with Crippen molar-refractivity contribution in [2.45, 2.75) is 6.54 Å². The topological polar surface area (TPSA) is 46.9 Å². The van der Waals surface area contributed by atoms with E-state index in [0.717, 1.165) is 11.1 Å². The van der Waals surface area contributed by atoms with Gasteiger partial charge in [-0.2, -0.15) is 0 Å². The highest BCUT2D eigenvalue weighted by atomic mass is 16.1. The van der Waals surface area contributed by atoms with Gasteiger partial charge < -0.3 is 9.88 Å². The van der Waals surface area contributed by atoms with Gasteiger partial charge in [-0.05, 0) is 23.8 Å². The second-order valence-corrected chi connectivity index (χ2v) is 4.71. The summed E-state index contributed by atoms with van der Waals surface area (Å²) in [4.78, 5) is 16.0. The molecule has 3 rings (SSSR count). The van der Waals surface area contributed by atoms with Crippen molar-refractivity contribution in [1.29, 1.82) is 0 Å². The first kappa shape index (κ1) is 12.4. The van der Waals surface area contributed by atoms with Crippen molar-refractivity contribution in [2.24, 2.45) is 7.05 Å². The molecule has 0 saturated heterocycles. The summed E-state index contributed by atoms with van der Waals surface area (Å²) in [6.07, 6.45) is 5.27. The van der Waals surface area contributed by atoms with Crippen LogP contribution in [0.2, 0.25) is 0 Å². The van der Waals surface area contributed by atoms with E-state index >= 15 is 0 Å². The van der Waals surface area contributed by atoms with E-state index in [9.17, 15) is 4.79 Å². The van der Waals surface area contributed by atoms with Gasteiger partial charge in [0.2, 0.25) is 0 Å². The van der Waals surface area contributed by atoms with E-state index in [1.807, 2.05) is 25.4 Å². The third-order valence-electron chi connectivity index (χ3n) is 3.34. The van der Waals surface area contributed by atoms with Gasteiger partial charge >= 0.3 is 0 Å². The summed E-state index contributed by atoms with van der Waals surface area (Å²) in [5.74, 6) is -0.106. The molecule has 1 amide bonds. The van der Waals surface area contributed by atoms with Crippen molar-refractivity contribution in [3.8, 4) is 0 Å². The Balaban J connectivity index is 1.79. The van der Waals surface area contributed by atoms with E-state index in [2.05, 4.69) is 27.0 Å². The molecular weight excluding hydrogens is 250 g/mol. The Hall–Kier alpha value is -2.62. The molecule has 0 radical (unpaired) electrons. The summed E-state index contributed by atoms with van der Waals surface area (Å²) in [6.45, 7) is 0.509. The Bertz CT molecular complexity index is 747. The number of amides is 1. The Labute approximate surface area is 117 Å². The van der Waals surface area contributed by atoms with Crippen LogP contribution < -0.4 is 5.32 Å². The molecule has 0 saturated carbocycles. The van der Waals surface area contributed by atoms with E-state index < -0.39 is 0 Å². The number of carbonyl (C=O) groups excluding carboxylic acids is 1. The van der Waals surface area contributed by atoms with E-state index in [1.165, 1.54) is 5.39 Å². The number of carbonyl (C=O) groups is 1. The number of nitrogens with zero attached hydrogens (tertiary/aromatic N) is 2. The largest absolute Gasteiger partial charge is 0.350 e. The number of benzene rings is 1. The van der Waals surface area contributed by atoms with Crippen molar-refractivity contribution in [3.63, 3.8) is 0 Å². The number of aryl methyl sites for hydroxylation is 1. The van der Waals surface area contributed by atoms with Crippen LogP contribution in [0.4, 0.5) is 0 Å². The smallest absolute Gasteiger partial charge is 0.253 e. The van der Waals surface area contributed by atoms with Crippen molar-refractivity contribution in [2.75, 3.05) is 0 Å². The van der Waals surface area contributed by atoms with E-state index in [4.69, 9.17) is 0 Å². The molecule has 100 valence electrons. The van der Waals surface area contributed by atoms with Crippen LogP contribution in [0.25, 0.3) is 10.9 Å². The van der Waals surface area contributed by atoms with Crippen molar-refractivity contribution in [3.05, 3.63) is 66.1 Å². The second kappa shape index (κ2) is 5.17. The van der Waals surface area contributed by atoms with Gasteiger partial charge in [0.05, 0.1) is 5.56 Å². The molecule has 0 fully saturated rings. The predicted octanol–water partition coefficient (Wildman–Crippen LogP) is 2.50. The fourth-order valence-corrected chi connectivity index (χ4v) is 2.34. The molecule has 0 aliphatic heterocycles. The third kappa shape index (κ3) is 2.28. The fraction of sp³-hybridized carbons (Fsp3) is 0.125. The predicted molar refractivity (Wildman–Crippen MR) is 78.3 cm³/mol. The first-order valence-electron chi connectivity index (χ1n) is 6.47. The maximum absolute atomic E-state index is 12.0. The number of fused-ring (bicyclic) bond motifs is 1. The van der Waals surface area contributed by atoms with Crippen LogP contribution in [0.3, 0.4) is 0 Å². The minimum Gasteiger partial charge on any atom is -0.350 e. The maximum atomic E-state index is 12.0. The summed E-state index contributed by atoms with van der Waals surface area (Å²) in [5, 5.41) is 4.10. The molecule has 0 unspecified atom stereocenters. The number of para-hydroxylation sites is 1. The molecule has 1 N–H and O–H groups in total. The SMILES string of the molecule is Cn1cc(CNC(=O)c2cccnc2)c2ccccc21. The molecule has 3 aromatic rings. The number of aromatic nitrogens is 2. The summed E-state index contributed by atoms with van der Waals surface area (Å²) >= 11 is 0. The number of hydrogen-bond acceptors (Lipinski definition) is 2. The van der Waals surface area contributed by atoms with Gasteiger partial charge in [-0.3, -0.25) is 9.78 Å². The Morgan fingerprint density at radius 2 is 2.10 bits per heavy atom. The van der Waals surface area contributed by atoms with Crippen LogP contribution in [-0.4, -0.2) is 15.5 Å². The van der Waals surface area contributed by atoms with Crippen LogP contribution in [0.1, 0.15) is 15.9 Å². The minimum atomic E-state index is -0.106. The number of nitrogens with one attached hydrogen (secondary N) is 1. The Morgan fingerprint density at radius 3 is 2.90 bits per heavy atom. The van der Waals surface area contributed by atoms with Gasteiger partial charge in [-0.25, -0.2) is 0 Å². The van der Waals surface area contributed by atoms with Crippen LogP contribution in [-0.2, 0) is 13.6 Å². The lowest BCUT2D eigenvalue weighted by Crippen LogP contribution is -2.22. The van der Waals surface area contributed by atoms with E-state index in [0.29, 0.717) is 12.1 Å². The summed E-state index contributed by atoms with van der Waals surface area (Å²) in [6, 6.07) is 11.7. The second-order valence-electron chi connectivity index (χ2n) is 4.71. The molecule has 4 nitrogen and oxygen atoms in total. The summed E-state index contributed by atoms with van der Waals surface area (Å²) in [7, 11) is 2.01. The van der Waals surface area contributed by atoms with Gasteiger partial charge in [-0.1, -0.05) is 18.2 Å². The molecule has 1 aromatic carbocycles. The highest BCUT2D eigenvalue weighted by Crippen LogP contribution is 2.20. The quantitative estimate of drug-likeness (QED) is 0.791. The lowest BCUT2D eigenvalue weighted by molar-refractivity contribution is 0.0950. The lowest BCUT2D eigenvalue weighted by Gasteiger charge is -2.03. The molecule has 2 heterocycles. The van der Waals surface area contributed by atoms with E-state index in [-0.39, 0.29) is 5.91 Å². The monoisotopic (exact) mass is 265 g/mol. The molecule has 20 heavy (non-hydrogen) atoms. The van der Waals surface area contributed by atoms with Gasteiger partial charge in [0.25, 0.3) is 5.91 Å². The first-order chi connectivity index (χ1) is 9.75. The van der Waals surface area contributed by atoms with Gasteiger partial charge in [0.1, 0.15) is 0 Å². The van der Waals surface area contributed by atoms with Crippen molar-refractivity contribution in [1.82, 2.24) is 14.9 Å². The summed E-state index contributed by atoms with van der Waals surface area (Å²) in [5.41, 5.74) is 2.85. The zero-order valence-corrected chi connectivity index (χ0v) is 11.2. The minimum absolute atomic E-state index is 0.106. The van der Waals surface area contributed by atoms with E-state index in [1.54, 1.807) is 24.5 Å². The van der Waals surface area contributed by atoms with Crippen LogP contribution in [0.5, 0.6) is 0 Å². The number of rotatable bonds is 3. The third-order valence-corrected chi connectivity index (χ3v) is 3.34. The molecule has 0 aliphatic rings. The normalized spacial score (nSPS) is 10.7. The molecular formula is C16H15N3O. The Morgan fingerprint density at radius 1 is 1.25 bits per heavy atom. The fourth-order valence-electron chi connectivity index (χ4n) is 2.34. The molecule has 0 atom stereocenters. The van der Waals surface area contributed by atoms with Crippen LogP contribution in [0.15, 0.2) is 55.0 Å².